The van der Waals surface area contributed by atoms with Crippen molar-refractivity contribution in [1.82, 2.24) is 15.1 Å². The fourth-order valence-electron chi connectivity index (χ4n) is 9.03. The summed E-state index contributed by atoms with van der Waals surface area (Å²) >= 11 is 0. The number of phenols is 1. The van der Waals surface area contributed by atoms with Gasteiger partial charge in [0.15, 0.2) is 17.4 Å². The summed E-state index contributed by atoms with van der Waals surface area (Å²) in [6.07, 6.45) is 5.40. The lowest BCUT2D eigenvalue weighted by Crippen LogP contribution is -2.49. The number of aromatic hydroxyl groups is 1. The Hall–Kier alpha value is -5.22. The average Bonchev–Trinajstić information content (AvgIpc) is 3.51. The van der Waals surface area contributed by atoms with Crippen LogP contribution in [0.3, 0.4) is 0 Å². The smallest absolute Gasteiger partial charge is 0.255 e. The molecule has 1 unspecified atom stereocenters. The molecule has 0 radical (unpaired) electrons. The van der Waals surface area contributed by atoms with Gasteiger partial charge in [-0.3, -0.25) is 14.5 Å². The van der Waals surface area contributed by atoms with Crippen LogP contribution in [0.2, 0.25) is 0 Å². The summed E-state index contributed by atoms with van der Waals surface area (Å²) in [5.74, 6) is -1.97. The topological polar surface area (TPSA) is 85.4 Å². The first-order valence-corrected chi connectivity index (χ1v) is 19.6. The summed E-state index contributed by atoms with van der Waals surface area (Å²) in [6, 6.07) is 23.8. The minimum Gasteiger partial charge on any atom is -0.508 e. The van der Waals surface area contributed by atoms with Gasteiger partial charge in [0.2, 0.25) is 5.91 Å². The Morgan fingerprint density at radius 2 is 1.60 bits per heavy atom. The molecular formula is C45H48F2N4O4. The third-order valence-electron chi connectivity index (χ3n) is 11.9. The summed E-state index contributed by atoms with van der Waals surface area (Å²) in [7, 11) is 0. The maximum Gasteiger partial charge on any atom is 0.255 e. The molecule has 8 nitrogen and oxygen atoms in total. The summed E-state index contributed by atoms with van der Waals surface area (Å²) in [6.45, 7) is 9.07. The van der Waals surface area contributed by atoms with Crippen LogP contribution < -0.4 is 15.0 Å². The lowest BCUT2D eigenvalue weighted by Gasteiger charge is -2.36. The van der Waals surface area contributed by atoms with E-state index in [1.807, 2.05) is 36.4 Å². The molecule has 2 fully saturated rings. The van der Waals surface area contributed by atoms with Crippen LogP contribution in [0.4, 0.5) is 14.5 Å². The predicted octanol–water partition coefficient (Wildman–Crippen LogP) is 7.65. The van der Waals surface area contributed by atoms with Crippen LogP contribution in [0.1, 0.15) is 88.5 Å². The van der Waals surface area contributed by atoms with Crippen molar-refractivity contribution in [2.45, 2.75) is 69.4 Å². The van der Waals surface area contributed by atoms with Crippen LogP contribution in [0.5, 0.6) is 11.5 Å². The van der Waals surface area contributed by atoms with Gasteiger partial charge in [0, 0.05) is 55.6 Å². The monoisotopic (exact) mass is 746 g/mol. The minimum absolute atomic E-state index is 0.0455. The Kier molecular flexibility index (Phi) is 10.6. The van der Waals surface area contributed by atoms with Gasteiger partial charge in [0.25, 0.3) is 5.91 Å². The Balaban J connectivity index is 0.803. The predicted molar refractivity (Wildman–Crippen MR) is 208 cm³/mol. The van der Waals surface area contributed by atoms with Crippen molar-refractivity contribution in [3.8, 4) is 11.5 Å². The second-order valence-corrected chi connectivity index (χ2v) is 15.4. The lowest BCUT2D eigenvalue weighted by atomic mass is 9.69. The number of piperidine rings is 1. The van der Waals surface area contributed by atoms with E-state index in [0.717, 1.165) is 86.3 Å². The zero-order chi connectivity index (χ0) is 38.1. The van der Waals surface area contributed by atoms with Gasteiger partial charge in [-0.2, -0.15) is 0 Å². The fraction of sp³-hybridized carbons (Fsp3) is 0.378. The molecule has 2 amide bonds. The quantitative estimate of drug-likeness (QED) is 0.154. The normalized spacial score (nSPS) is 21.3. The molecule has 3 heterocycles. The van der Waals surface area contributed by atoms with E-state index in [1.165, 1.54) is 12.1 Å². The Labute approximate surface area is 321 Å². The van der Waals surface area contributed by atoms with Crippen molar-refractivity contribution in [3.05, 3.63) is 136 Å². The van der Waals surface area contributed by atoms with Crippen molar-refractivity contribution in [3.63, 3.8) is 0 Å². The molecule has 3 atom stereocenters. The van der Waals surface area contributed by atoms with E-state index in [4.69, 9.17) is 4.74 Å². The van der Waals surface area contributed by atoms with Gasteiger partial charge in [-0.05, 0) is 128 Å². The molecule has 1 aliphatic carbocycles. The van der Waals surface area contributed by atoms with E-state index in [9.17, 15) is 14.7 Å². The molecule has 2 N–H and O–H groups in total. The number of allylic oxidation sites excluding steroid dienone is 1. The summed E-state index contributed by atoms with van der Waals surface area (Å²) in [4.78, 5) is 32.2. The molecule has 0 saturated carbocycles. The highest BCUT2D eigenvalue weighted by Gasteiger charge is 2.38. The number of carbonyl (C=O) groups excluding carboxylic acids is 2. The number of amides is 2. The maximum absolute atomic E-state index is 15.6. The van der Waals surface area contributed by atoms with E-state index in [1.54, 1.807) is 17.0 Å². The van der Waals surface area contributed by atoms with Gasteiger partial charge in [-0.25, -0.2) is 8.78 Å². The van der Waals surface area contributed by atoms with Crippen molar-refractivity contribution < 1.29 is 28.2 Å². The molecule has 0 aromatic heterocycles. The van der Waals surface area contributed by atoms with Crippen LogP contribution in [0.15, 0.2) is 91.1 Å². The fourth-order valence-corrected chi connectivity index (χ4v) is 9.03. The van der Waals surface area contributed by atoms with Gasteiger partial charge in [-0.15, -0.1) is 0 Å². The number of hydrogen-bond donors (Lipinski definition) is 2. The number of fused-ring (bicyclic) bond motifs is 2. The van der Waals surface area contributed by atoms with Gasteiger partial charge in [0.1, 0.15) is 11.8 Å². The van der Waals surface area contributed by atoms with Gasteiger partial charge >= 0.3 is 0 Å². The van der Waals surface area contributed by atoms with Crippen LogP contribution in [0.25, 0.3) is 0 Å². The van der Waals surface area contributed by atoms with Gasteiger partial charge < -0.3 is 25.0 Å². The molecule has 4 aliphatic rings. The first kappa shape index (κ1) is 36.7. The van der Waals surface area contributed by atoms with E-state index in [-0.39, 0.29) is 41.8 Å². The van der Waals surface area contributed by atoms with Crippen LogP contribution in [-0.4, -0.2) is 72.1 Å². The first-order chi connectivity index (χ1) is 26.7. The van der Waals surface area contributed by atoms with Gasteiger partial charge in [0.05, 0.1) is 6.61 Å². The molecular weight excluding hydrogens is 699 g/mol. The van der Waals surface area contributed by atoms with Gasteiger partial charge in [-0.1, -0.05) is 43.0 Å². The highest BCUT2D eigenvalue weighted by Crippen LogP contribution is 2.48. The largest absolute Gasteiger partial charge is 0.508 e. The second kappa shape index (κ2) is 15.9. The summed E-state index contributed by atoms with van der Waals surface area (Å²) in [5.41, 5.74) is 7.13. The molecule has 3 aliphatic heterocycles. The Morgan fingerprint density at radius 1 is 0.818 bits per heavy atom. The summed E-state index contributed by atoms with van der Waals surface area (Å²) < 4.78 is 36.8. The van der Waals surface area contributed by atoms with E-state index in [2.05, 4.69) is 39.9 Å². The average molecular weight is 747 g/mol. The number of nitrogens with zero attached hydrogens (tertiary/aromatic N) is 3. The molecule has 55 heavy (non-hydrogen) atoms. The Morgan fingerprint density at radius 3 is 2.36 bits per heavy atom. The zero-order valence-electron chi connectivity index (χ0n) is 31.1. The first-order valence-electron chi connectivity index (χ1n) is 19.6. The van der Waals surface area contributed by atoms with Crippen LogP contribution in [-0.2, 0) is 17.8 Å². The highest BCUT2D eigenvalue weighted by molar-refractivity contribution is 6.01. The van der Waals surface area contributed by atoms with E-state index in [0.29, 0.717) is 42.6 Å². The number of halogens is 2. The number of hydrogen-bond acceptors (Lipinski definition) is 6. The van der Waals surface area contributed by atoms with Crippen LogP contribution >= 0.6 is 0 Å². The van der Waals surface area contributed by atoms with Crippen molar-refractivity contribution in [2.24, 2.45) is 0 Å². The molecule has 4 aromatic rings. The van der Waals surface area contributed by atoms with E-state index >= 15 is 8.78 Å². The number of rotatable bonds is 11. The van der Waals surface area contributed by atoms with Crippen LogP contribution in [0, 0.1) is 11.6 Å². The zero-order valence-corrected chi connectivity index (χ0v) is 31.1. The highest BCUT2D eigenvalue weighted by atomic mass is 19.1. The molecule has 2 saturated heterocycles. The van der Waals surface area contributed by atoms with E-state index < -0.39 is 17.7 Å². The number of piperazine rings is 1. The molecule has 0 spiro atoms. The van der Waals surface area contributed by atoms with Crippen molar-refractivity contribution in [1.29, 1.82) is 0 Å². The number of unbranched alkanes of at least 4 members (excludes halogenated alkanes) is 2. The standard InChI is InChI=1S/C45H48F2N4O4/c1-29-10-17-41(44(53)48-29)51-28-33-24-34(12-15-38(33)45(51)54)50-21-19-49(20-22-50)18-6-3-7-23-55-43-39(46)26-32(27-40(43)47)42-36(30-8-4-2-5-9-30)14-11-31-25-35(52)13-16-37(31)42/h2,4-5,8-9,12-13,15-16,24-27,36,41-42,52H,1,3,6-7,10-11,14,17-23,28H2,(H,48,53)/t36-,41?,42+/m0/s1. The number of aryl methyl sites for hydroxylation is 1. The van der Waals surface area contributed by atoms with Crippen molar-refractivity contribution >= 4 is 17.5 Å². The Bertz CT molecular complexity index is 2060. The maximum atomic E-state index is 15.6. The summed E-state index contributed by atoms with van der Waals surface area (Å²) in [5, 5.41) is 12.9. The SMILES string of the molecule is C=C1CCC(N2Cc3cc(N4CCN(CCCCCOc5c(F)cc([C@H]6c7ccc(O)cc7CC[C@H]6c6ccccc6)cc5F)CC4)ccc3C2=O)C(=O)N1. The molecule has 8 rings (SSSR count). The third-order valence-corrected chi connectivity index (χ3v) is 11.9. The molecule has 0 bridgehead atoms. The number of anilines is 1. The number of carbonyl (C=O) groups is 2. The minimum atomic E-state index is -0.693. The number of nitrogens with one attached hydrogen (secondary N) is 1. The van der Waals surface area contributed by atoms with Crippen molar-refractivity contribution in [2.75, 3.05) is 44.2 Å². The number of benzene rings is 4. The number of phenolic OH excluding ortho intramolecular Hbond substituents is 1. The second-order valence-electron chi connectivity index (χ2n) is 15.4. The molecule has 286 valence electrons. The molecule has 10 heteroatoms. The molecule has 4 aromatic carbocycles. The third kappa shape index (κ3) is 7.70. The lowest BCUT2D eigenvalue weighted by molar-refractivity contribution is -0.126. The number of ether oxygens (including phenoxy) is 1.